The molecule has 1 aromatic rings. The summed E-state index contributed by atoms with van der Waals surface area (Å²) >= 11 is 3.49. The van der Waals surface area contributed by atoms with Crippen molar-refractivity contribution < 1.29 is 19.0 Å². The largest absolute Gasteiger partial charge is 0.486 e. The number of ether oxygens (including phenoxy) is 3. The molecule has 1 heterocycles. The zero-order valence-corrected chi connectivity index (χ0v) is 13.4. The molecule has 0 radical (unpaired) electrons. The maximum absolute atomic E-state index is 12.2. The average Bonchev–Trinajstić information content (AvgIpc) is 3.29. The molecule has 1 aliphatic carbocycles. The Kier molecular flexibility index (Phi) is 4.35. The van der Waals surface area contributed by atoms with E-state index in [1.54, 1.807) is 0 Å². The molecule has 1 aliphatic heterocycles. The van der Waals surface area contributed by atoms with Crippen LogP contribution in [0.3, 0.4) is 0 Å². The minimum atomic E-state index is -0.468. The Morgan fingerprint density at radius 2 is 2.19 bits per heavy atom. The number of hydrogen-bond acceptors (Lipinski definition) is 5. The van der Waals surface area contributed by atoms with Gasteiger partial charge in [0.25, 0.3) is 0 Å². The van der Waals surface area contributed by atoms with Crippen LogP contribution in [0.1, 0.15) is 31.4 Å². The van der Waals surface area contributed by atoms with E-state index in [0.29, 0.717) is 37.4 Å². The number of hydrogen-bond donors (Lipinski definition) is 1. The third kappa shape index (κ3) is 3.32. The SMILES string of the molecule is CCOC(=O)C(NC1CC1)c1cc(Br)c2c(c1)OCCO2. The Bertz CT molecular complexity index is 545. The fourth-order valence-corrected chi connectivity index (χ4v) is 2.88. The minimum Gasteiger partial charge on any atom is -0.486 e. The van der Waals surface area contributed by atoms with Gasteiger partial charge in [-0.1, -0.05) is 0 Å². The molecule has 0 amide bonds. The highest BCUT2D eigenvalue weighted by Gasteiger charge is 2.31. The molecule has 3 rings (SSSR count). The summed E-state index contributed by atoms with van der Waals surface area (Å²) in [5.41, 5.74) is 0.830. The van der Waals surface area contributed by atoms with Crippen LogP contribution in [-0.4, -0.2) is 31.8 Å². The van der Waals surface area contributed by atoms with Crippen LogP contribution in [0, 0.1) is 0 Å². The molecule has 0 saturated heterocycles. The number of fused-ring (bicyclic) bond motifs is 1. The number of rotatable bonds is 5. The molecule has 0 bridgehead atoms. The second-order valence-electron chi connectivity index (χ2n) is 5.15. The number of esters is 1. The molecule has 0 aromatic heterocycles. The molecule has 21 heavy (non-hydrogen) atoms. The third-order valence-electron chi connectivity index (χ3n) is 3.45. The summed E-state index contributed by atoms with van der Waals surface area (Å²) in [6.45, 7) is 3.23. The van der Waals surface area contributed by atoms with Gasteiger partial charge in [-0.2, -0.15) is 0 Å². The highest BCUT2D eigenvalue weighted by Crippen LogP contribution is 2.40. The van der Waals surface area contributed by atoms with E-state index in [1.165, 1.54) is 0 Å². The van der Waals surface area contributed by atoms with Crippen molar-refractivity contribution >= 4 is 21.9 Å². The smallest absolute Gasteiger partial charge is 0.327 e. The second kappa shape index (κ2) is 6.23. The van der Waals surface area contributed by atoms with Crippen LogP contribution in [-0.2, 0) is 9.53 Å². The van der Waals surface area contributed by atoms with Crippen molar-refractivity contribution in [1.29, 1.82) is 0 Å². The first-order chi connectivity index (χ1) is 10.2. The number of nitrogens with one attached hydrogen (secondary N) is 1. The van der Waals surface area contributed by atoms with Crippen molar-refractivity contribution in [3.63, 3.8) is 0 Å². The predicted molar refractivity (Wildman–Crippen MR) is 80.7 cm³/mol. The van der Waals surface area contributed by atoms with Crippen molar-refractivity contribution in [3.05, 3.63) is 22.2 Å². The van der Waals surface area contributed by atoms with Gasteiger partial charge in [-0.05, 0) is 53.4 Å². The van der Waals surface area contributed by atoms with E-state index < -0.39 is 6.04 Å². The zero-order valence-electron chi connectivity index (χ0n) is 11.9. The lowest BCUT2D eigenvalue weighted by Crippen LogP contribution is -2.32. The molecule has 5 nitrogen and oxygen atoms in total. The summed E-state index contributed by atoms with van der Waals surface area (Å²) in [6.07, 6.45) is 2.20. The van der Waals surface area contributed by atoms with Gasteiger partial charge in [0.2, 0.25) is 0 Å². The maximum Gasteiger partial charge on any atom is 0.327 e. The number of carbonyl (C=O) groups excluding carboxylic acids is 1. The molecule has 1 fully saturated rings. The fraction of sp³-hybridized carbons (Fsp3) is 0.533. The molecule has 1 saturated carbocycles. The first-order valence-corrected chi connectivity index (χ1v) is 8.00. The van der Waals surface area contributed by atoms with E-state index in [-0.39, 0.29) is 5.97 Å². The Labute approximate surface area is 132 Å². The summed E-state index contributed by atoms with van der Waals surface area (Å²) in [4.78, 5) is 12.2. The number of halogens is 1. The first kappa shape index (κ1) is 14.7. The van der Waals surface area contributed by atoms with Crippen LogP contribution < -0.4 is 14.8 Å². The lowest BCUT2D eigenvalue weighted by Gasteiger charge is -2.23. The highest BCUT2D eigenvalue weighted by molar-refractivity contribution is 9.10. The van der Waals surface area contributed by atoms with Crippen LogP contribution in [0.25, 0.3) is 0 Å². The van der Waals surface area contributed by atoms with Crippen molar-refractivity contribution in [2.45, 2.75) is 31.8 Å². The topological polar surface area (TPSA) is 56.8 Å². The van der Waals surface area contributed by atoms with Gasteiger partial charge in [-0.3, -0.25) is 5.32 Å². The number of carbonyl (C=O) groups is 1. The van der Waals surface area contributed by atoms with Crippen LogP contribution in [0.5, 0.6) is 11.5 Å². The molecular formula is C15H18BrNO4. The van der Waals surface area contributed by atoms with E-state index in [4.69, 9.17) is 14.2 Å². The summed E-state index contributed by atoms with van der Waals surface area (Å²) < 4.78 is 17.2. The number of benzene rings is 1. The molecule has 114 valence electrons. The van der Waals surface area contributed by atoms with Crippen molar-refractivity contribution in [3.8, 4) is 11.5 Å². The quantitative estimate of drug-likeness (QED) is 0.822. The van der Waals surface area contributed by atoms with Gasteiger partial charge >= 0.3 is 5.97 Å². The monoisotopic (exact) mass is 355 g/mol. The van der Waals surface area contributed by atoms with Gasteiger partial charge in [0.1, 0.15) is 19.3 Å². The van der Waals surface area contributed by atoms with Gasteiger partial charge in [0, 0.05) is 6.04 Å². The Morgan fingerprint density at radius 3 is 2.90 bits per heavy atom. The Hall–Kier alpha value is -1.27. The molecule has 1 unspecified atom stereocenters. The molecule has 2 aliphatic rings. The first-order valence-electron chi connectivity index (χ1n) is 7.20. The van der Waals surface area contributed by atoms with E-state index in [0.717, 1.165) is 22.9 Å². The molecule has 1 N–H and O–H groups in total. The minimum absolute atomic E-state index is 0.257. The summed E-state index contributed by atoms with van der Waals surface area (Å²) in [7, 11) is 0. The maximum atomic E-state index is 12.2. The normalized spacial score (nSPS) is 18.2. The fourth-order valence-electron chi connectivity index (χ4n) is 2.31. The summed E-state index contributed by atoms with van der Waals surface area (Å²) in [6, 6.07) is 3.68. The van der Waals surface area contributed by atoms with Gasteiger partial charge in [-0.25, -0.2) is 4.79 Å². The average molecular weight is 356 g/mol. The zero-order chi connectivity index (χ0) is 14.8. The van der Waals surface area contributed by atoms with Crippen molar-refractivity contribution in [2.75, 3.05) is 19.8 Å². The lowest BCUT2D eigenvalue weighted by atomic mass is 10.1. The van der Waals surface area contributed by atoms with Crippen LogP contribution in [0.4, 0.5) is 0 Å². The third-order valence-corrected chi connectivity index (χ3v) is 4.04. The second-order valence-corrected chi connectivity index (χ2v) is 6.01. The van der Waals surface area contributed by atoms with Crippen LogP contribution >= 0.6 is 15.9 Å². The molecule has 6 heteroatoms. The standard InChI is InChI=1S/C15H18BrNO4/c1-2-19-15(18)13(17-10-3-4-10)9-7-11(16)14-12(8-9)20-5-6-21-14/h7-8,10,13,17H,2-6H2,1H3. The van der Waals surface area contributed by atoms with Gasteiger partial charge < -0.3 is 14.2 Å². The lowest BCUT2D eigenvalue weighted by molar-refractivity contribution is -0.145. The van der Waals surface area contributed by atoms with E-state index in [9.17, 15) is 4.79 Å². The van der Waals surface area contributed by atoms with Gasteiger partial charge in [0.15, 0.2) is 11.5 Å². The molecule has 1 aromatic carbocycles. The van der Waals surface area contributed by atoms with Crippen molar-refractivity contribution in [1.82, 2.24) is 5.32 Å². The molecule has 1 atom stereocenters. The van der Waals surface area contributed by atoms with Gasteiger partial charge in [0.05, 0.1) is 11.1 Å². The van der Waals surface area contributed by atoms with E-state index in [2.05, 4.69) is 21.2 Å². The summed E-state index contributed by atoms with van der Waals surface area (Å²) in [5.74, 6) is 1.10. The Balaban J connectivity index is 1.90. The van der Waals surface area contributed by atoms with Crippen molar-refractivity contribution in [2.24, 2.45) is 0 Å². The predicted octanol–water partition coefficient (Wildman–Crippen LogP) is 2.58. The van der Waals surface area contributed by atoms with E-state index >= 15 is 0 Å². The highest BCUT2D eigenvalue weighted by atomic mass is 79.9. The molecular weight excluding hydrogens is 338 g/mol. The van der Waals surface area contributed by atoms with Gasteiger partial charge in [-0.15, -0.1) is 0 Å². The Morgan fingerprint density at radius 1 is 1.43 bits per heavy atom. The molecule has 0 spiro atoms. The van der Waals surface area contributed by atoms with E-state index in [1.807, 2.05) is 19.1 Å². The van der Waals surface area contributed by atoms with Crippen LogP contribution in [0.2, 0.25) is 0 Å². The summed E-state index contributed by atoms with van der Waals surface area (Å²) in [5, 5.41) is 3.33. The van der Waals surface area contributed by atoms with Crippen LogP contribution in [0.15, 0.2) is 16.6 Å².